The zero-order valence-corrected chi connectivity index (χ0v) is 8.18. The van der Waals surface area contributed by atoms with Crippen LogP contribution < -0.4 is 5.32 Å². The highest BCUT2D eigenvalue weighted by molar-refractivity contribution is 5.45. The third-order valence-corrected chi connectivity index (χ3v) is 2.22. The molecule has 0 atom stereocenters. The van der Waals surface area contributed by atoms with Crippen molar-refractivity contribution in [3.05, 3.63) is 30.1 Å². The van der Waals surface area contributed by atoms with Gasteiger partial charge in [0.25, 0.3) is 0 Å². The Balaban J connectivity index is 2.67. The molecule has 0 heterocycles. The summed E-state index contributed by atoms with van der Waals surface area (Å²) in [5.74, 6) is -0.172. The van der Waals surface area contributed by atoms with E-state index in [9.17, 15) is 4.39 Å². The first-order chi connectivity index (χ1) is 6.27. The summed E-state index contributed by atoms with van der Waals surface area (Å²) in [6, 6.07) is 7.16. The molecular weight excluding hydrogens is 165 g/mol. The van der Waals surface area contributed by atoms with Crippen molar-refractivity contribution >= 4 is 5.69 Å². The van der Waals surface area contributed by atoms with Crippen molar-refractivity contribution in [2.24, 2.45) is 0 Å². The monoisotopic (exact) mass is 181 g/mol. The highest BCUT2D eigenvalue weighted by Gasteiger charge is 2.05. The summed E-state index contributed by atoms with van der Waals surface area (Å²) < 4.78 is 13.2. The Labute approximate surface area is 79.0 Å². The fourth-order valence-electron chi connectivity index (χ4n) is 1.29. The van der Waals surface area contributed by atoms with E-state index in [1.165, 1.54) is 6.07 Å². The number of para-hydroxylation sites is 1. The Hall–Kier alpha value is -1.05. The van der Waals surface area contributed by atoms with Crippen LogP contribution in [-0.2, 0) is 0 Å². The molecule has 0 bridgehead atoms. The molecule has 0 amide bonds. The molecule has 1 aromatic carbocycles. The van der Waals surface area contributed by atoms with Gasteiger partial charge in [-0.1, -0.05) is 26.0 Å². The van der Waals surface area contributed by atoms with Crippen LogP contribution in [0.15, 0.2) is 24.3 Å². The SMILES string of the molecule is CCC(CC)Nc1ccccc1F. The van der Waals surface area contributed by atoms with E-state index in [1.54, 1.807) is 12.1 Å². The van der Waals surface area contributed by atoms with Gasteiger partial charge in [0.1, 0.15) is 5.82 Å². The molecule has 0 aliphatic rings. The van der Waals surface area contributed by atoms with Crippen LogP contribution in [0.25, 0.3) is 0 Å². The Bertz CT molecular complexity index is 256. The van der Waals surface area contributed by atoms with Gasteiger partial charge in [-0.05, 0) is 25.0 Å². The number of rotatable bonds is 4. The van der Waals surface area contributed by atoms with Crippen LogP contribution in [0.4, 0.5) is 10.1 Å². The van der Waals surface area contributed by atoms with E-state index in [0.717, 1.165) is 12.8 Å². The van der Waals surface area contributed by atoms with Gasteiger partial charge in [0, 0.05) is 6.04 Å². The number of nitrogens with one attached hydrogen (secondary N) is 1. The second kappa shape index (κ2) is 4.85. The molecule has 0 fully saturated rings. The fourth-order valence-corrected chi connectivity index (χ4v) is 1.29. The molecular formula is C11H16FN. The van der Waals surface area contributed by atoms with Crippen molar-refractivity contribution in [1.82, 2.24) is 0 Å². The molecule has 0 radical (unpaired) electrons. The predicted octanol–water partition coefficient (Wildman–Crippen LogP) is 3.43. The van der Waals surface area contributed by atoms with E-state index in [4.69, 9.17) is 0 Å². The molecule has 2 heteroatoms. The molecule has 1 nitrogen and oxygen atoms in total. The van der Waals surface area contributed by atoms with Crippen molar-refractivity contribution in [3.8, 4) is 0 Å². The molecule has 13 heavy (non-hydrogen) atoms. The summed E-state index contributed by atoms with van der Waals surface area (Å²) >= 11 is 0. The molecule has 0 unspecified atom stereocenters. The number of hydrogen-bond donors (Lipinski definition) is 1. The maximum absolute atomic E-state index is 13.2. The largest absolute Gasteiger partial charge is 0.380 e. The first kappa shape index (κ1) is 10.0. The number of anilines is 1. The topological polar surface area (TPSA) is 12.0 Å². The molecule has 1 N–H and O–H groups in total. The van der Waals surface area contributed by atoms with Gasteiger partial charge in [0.15, 0.2) is 0 Å². The van der Waals surface area contributed by atoms with Gasteiger partial charge in [-0.25, -0.2) is 4.39 Å². The van der Waals surface area contributed by atoms with Gasteiger partial charge in [-0.15, -0.1) is 0 Å². The van der Waals surface area contributed by atoms with Gasteiger partial charge >= 0.3 is 0 Å². The standard InChI is InChI=1S/C11H16FN/c1-3-9(4-2)13-11-8-6-5-7-10(11)12/h5-9,13H,3-4H2,1-2H3. The van der Waals surface area contributed by atoms with Gasteiger partial charge < -0.3 is 5.32 Å². The summed E-state index contributed by atoms with van der Waals surface area (Å²) in [5.41, 5.74) is 0.608. The Morgan fingerprint density at radius 3 is 2.38 bits per heavy atom. The molecule has 0 aromatic heterocycles. The zero-order chi connectivity index (χ0) is 9.68. The minimum Gasteiger partial charge on any atom is -0.380 e. The van der Waals surface area contributed by atoms with Gasteiger partial charge in [0.05, 0.1) is 5.69 Å². The van der Waals surface area contributed by atoms with Crippen molar-refractivity contribution in [2.45, 2.75) is 32.7 Å². The second-order valence-corrected chi connectivity index (χ2v) is 3.14. The Kier molecular flexibility index (Phi) is 3.74. The summed E-state index contributed by atoms with van der Waals surface area (Å²) in [6.07, 6.45) is 2.04. The first-order valence-electron chi connectivity index (χ1n) is 4.79. The summed E-state index contributed by atoms with van der Waals surface area (Å²) in [7, 11) is 0. The van der Waals surface area contributed by atoms with Gasteiger partial charge in [-0.2, -0.15) is 0 Å². The normalized spacial score (nSPS) is 10.5. The average molecular weight is 181 g/mol. The van der Waals surface area contributed by atoms with Crippen LogP contribution in [0.3, 0.4) is 0 Å². The van der Waals surface area contributed by atoms with E-state index in [-0.39, 0.29) is 5.82 Å². The van der Waals surface area contributed by atoms with Crippen LogP contribution in [0, 0.1) is 5.82 Å². The van der Waals surface area contributed by atoms with E-state index in [1.807, 2.05) is 6.07 Å². The van der Waals surface area contributed by atoms with Crippen molar-refractivity contribution in [2.75, 3.05) is 5.32 Å². The van der Waals surface area contributed by atoms with Crippen LogP contribution >= 0.6 is 0 Å². The molecule has 0 aliphatic heterocycles. The second-order valence-electron chi connectivity index (χ2n) is 3.14. The van der Waals surface area contributed by atoms with Crippen LogP contribution in [0.5, 0.6) is 0 Å². The summed E-state index contributed by atoms with van der Waals surface area (Å²) in [5, 5.41) is 3.17. The zero-order valence-electron chi connectivity index (χ0n) is 8.18. The van der Waals surface area contributed by atoms with Crippen molar-refractivity contribution in [3.63, 3.8) is 0 Å². The smallest absolute Gasteiger partial charge is 0.146 e. The lowest BCUT2D eigenvalue weighted by atomic mass is 10.1. The Morgan fingerprint density at radius 1 is 1.23 bits per heavy atom. The maximum Gasteiger partial charge on any atom is 0.146 e. The first-order valence-corrected chi connectivity index (χ1v) is 4.79. The predicted molar refractivity (Wildman–Crippen MR) is 54.4 cm³/mol. The van der Waals surface area contributed by atoms with Crippen LogP contribution in [0.2, 0.25) is 0 Å². The third-order valence-electron chi connectivity index (χ3n) is 2.22. The molecule has 0 saturated heterocycles. The number of benzene rings is 1. The average Bonchev–Trinajstić information content (AvgIpc) is 2.17. The molecule has 0 aliphatic carbocycles. The number of hydrogen-bond acceptors (Lipinski definition) is 1. The highest BCUT2D eigenvalue weighted by Crippen LogP contribution is 2.15. The molecule has 0 spiro atoms. The van der Waals surface area contributed by atoms with E-state index in [2.05, 4.69) is 19.2 Å². The van der Waals surface area contributed by atoms with Crippen LogP contribution in [0.1, 0.15) is 26.7 Å². The minimum absolute atomic E-state index is 0.172. The summed E-state index contributed by atoms with van der Waals surface area (Å²) in [4.78, 5) is 0. The van der Waals surface area contributed by atoms with E-state index in [0.29, 0.717) is 11.7 Å². The fraction of sp³-hybridized carbons (Fsp3) is 0.455. The van der Waals surface area contributed by atoms with Gasteiger partial charge in [0.2, 0.25) is 0 Å². The third kappa shape index (κ3) is 2.72. The van der Waals surface area contributed by atoms with Crippen molar-refractivity contribution < 1.29 is 4.39 Å². The van der Waals surface area contributed by atoms with E-state index >= 15 is 0 Å². The van der Waals surface area contributed by atoms with Gasteiger partial charge in [-0.3, -0.25) is 0 Å². The lowest BCUT2D eigenvalue weighted by Gasteiger charge is -2.16. The Morgan fingerprint density at radius 2 is 1.85 bits per heavy atom. The maximum atomic E-state index is 13.2. The molecule has 0 saturated carbocycles. The van der Waals surface area contributed by atoms with Crippen LogP contribution in [-0.4, -0.2) is 6.04 Å². The molecule has 1 rings (SSSR count). The van der Waals surface area contributed by atoms with E-state index < -0.39 is 0 Å². The summed E-state index contributed by atoms with van der Waals surface area (Å²) in [6.45, 7) is 4.20. The minimum atomic E-state index is -0.172. The quantitative estimate of drug-likeness (QED) is 0.750. The number of halogens is 1. The molecule has 72 valence electrons. The lowest BCUT2D eigenvalue weighted by Crippen LogP contribution is -2.17. The molecule has 1 aromatic rings. The van der Waals surface area contributed by atoms with Crippen molar-refractivity contribution in [1.29, 1.82) is 0 Å². The highest BCUT2D eigenvalue weighted by atomic mass is 19.1. The lowest BCUT2D eigenvalue weighted by molar-refractivity contribution is 0.615.